The number of hydrogen-bond donors (Lipinski definition) is 0. The molecule has 156 valence electrons. The number of aromatic nitrogens is 3. The summed E-state index contributed by atoms with van der Waals surface area (Å²) in [5, 5.41) is 5.81. The summed E-state index contributed by atoms with van der Waals surface area (Å²) < 4.78 is 13.0. The van der Waals surface area contributed by atoms with Crippen molar-refractivity contribution in [3.63, 3.8) is 0 Å². The van der Waals surface area contributed by atoms with Crippen LogP contribution in [0.25, 0.3) is 4.96 Å². The Balaban J connectivity index is 1.25. The fourth-order valence-electron chi connectivity index (χ4n) is 3.31. The SMILES string of the molecule is COc1ccc(OCCN2CCN(c3nn4cc(C(C)(C)C)nc4s3)CC2)cc1. The van der Waals surface area contributed by atoms with Crippen molar-refractivity contribution in [1.82, 2.24) is 19.5 Å². The number of nitrogens with zero attached hydrogens (tertiary/aromatic N) is 5. The number of methoxy groups -OCH3 is 1. The highest BCUT2D eigenvalue weighted by atomic mass is 32.1. The summed E-state index contributed by atoms with van der Waals surface area (Å²) in [6, 6.07) is 7.73. The first-order valence-electron chi connectivity index (χ1n) is 10.0. The standard InChI is InChI=1S/C21H29N5O2S/c1-21(2,3)18-15-26-19(22-18)29-20(23-26)25-11-9-24(10-12-25)13-14-28-17-7-5-16(27-4)6-8-17/h5-8,15H,9-14H2,1-4H3. The van der Waals surface area contributed by atoms with Crippen molar-refractivity contribution in [3.05, 3.63) is 36.2 Å². The van der Waals surface area contributed by atoms with Crippen molar-refractivity contribution < 1.29 is 9.47 Å². The second-order valence-electron chi connectivity index (χ2n) is 8.34. The Kier molecular flexibility index (Phi) is 5.65. The van der Waals surface area contributed by atoms with Crippen LogP contribution in [0.2, 0.25) is 0 Å². The summed E-state index contributed by atoms with van der Waals surface area (Å²) >= 11 is 1.67. The van der Waals surface area contributed by atoms with Gasteiger partial charge in [-0.05, 0) is 24.3 Å². The van der Waals surface area contributed by atoms with E-state index >= 15 is 0 Å². The van der Waals surface area contributed by atoms with Crippen LogP contribution in [0.15, 0.2) is 30.5 Å². The predicted octanol–water partition coefficient (Wildman–Crippen LogP) is 3.30. The monoisotopic (exact) mass is 415 g/mol. The zero-order valence-corrected chi connectivity index (χ0v) is 18.4. The Morgan fingerprint density at radius 1 is 1.03 bits per heavy atom. The van der Waals surface area contributed by atoms with Gasteiger partial charge < -0.3 is 14.4 Å². The maximum absolute atomic E-state index is 5.86. The summed E-state index contributed by atoms with van der Waals surface area (Å²) in [7, 11) is 1.67. The van der Waals surface area contributed by atoms with E-state index in [0.717, 1.165) is 60.0 Å². The van der Waals surface area contributed by atoms with E-state index in [1.807, 2.05) is 28.8 Å². The molecule has 1 aromatic carbocycles. The van der Waals surface area contributed by atoms with Crippen LogP contribution in [0.4, 0.5) is 5.13 Å². The molecule has 7 nitrogen and oxygen atoms in total. The van der Waals surface area contributed by atoms with E-state index in [-0.39, 0.29) is 5.41 Å². The lowest BCUT2D eigenvalue weighted by molar-refractivity contribution is 0.200. The van der Waals surface area contributed by atoms with Gasteiger partial charge in [0.25, 0.3) is 0 Å². The van der Waals surface area contributed by atoms with Crippen molar-refractivity contribution in [2.45, 2.75) is 26.2 Å². The molecule has 8 heteroatoms. The molecule has 1 saturated heterocycles. The van der Waals surface area contributed by atoms with Crippen LogP contribution in [-0.2, 0) is 5.41 Å². The minimum atomic E-state index is 0.0487. The molecule has 0 aliphatic carbocycles. The average Bonchev–Trinajstić information content (AvgIpc) is 3.28. The minimum Gasteiger partial charge on any atom is -0.497 e. The molecule has 0 spiro atoms. The maximum Gasteiger partial charge on any atom is 0.214 e. The minimum absolute atomic E-state index is 0.0487. The number of hydrogen-bond acceptors (Lipinski definition) is 7. The number of fused-ring (bicyclic) bond motifs is 1. The van der Waals surface area contributed by atoms with Crippen molar-refractivity contribution >= 4 is 21.4 Å². The number of imidazole rings is 1. The summed E-state index contributed by atoms with van der Waals surface area (Å²) in [5.74, 6) is 1.72. The molecule has 29 heavy (non-hydrogen) atoms. The van der Waals surface area contributed by atoms with Crippen molar-refractivity contribution in [1.29, 1.82) is 0 Å². The van der Waals surface area contributed by atoms with Crippen LogP contribution >= 0.6 is 11.3 Å². The largest absolute Gasteiger partial charge is 0.497 e. The van der Waals surface area contributed by atoms with Gasteiger partial charge in [0.05, 0.1) is 19.0 Å². The van der Waals surface area contributed by atoms with Crippen molar-refractivity contribution in [2.24, 2.45) is 0 Å². The molecule has 4 rings (SSSR count). The zero-order valence-electron chi connectivity index (χ0n) is 17.6. The van der Waals surface area contributed by atoms with Gasteiger partial charge in [-0.25, -0.2) is 9.50 Å². The van der Waals surface area contributed by atoms with Gasteiger partial charge in [-0.15, -0.1) is 5.10 Å². The van der Waals surface area contributed by atoms with Crippen molar-refractivity contribution in [2.75, 3.05) is 51.3 Å². The Labute approximate surface area is 175 Å². The first-order valence-corrected chi connectivity index (χ1v) is 10.8. The second kappa shape index (κ2) is 8.20. The van der Waals surface area contributed by atoms with Gasteiger partial charge in [0, 0.05) is 38.1 Å². The van der Waals surface area contributed by atoms with Gasteiger partial charge in [0.2, 0.25) is 10.1 Å². The van der Waals surface area contributed by atoms with Gasteiger partial charge >= 0.3 is 0 Å². The van der Waals surface area contributed by atoms with E-state index in [0.29, 0.717) is 6.61 Å². The Hall–Kier alpha value is -2.32. The van der Waals surface area contributed by atoms with Crippen LogP contribution in [0.5, 0.6) is 11.5 Å². The summed E-state index contributed by atoms with van der Waals surface area (Å²) in [6.07, 6.45) is 2.06. The van der Waals surface area contributed by atoms with Gasteiger partial charge in [0.1, 0.15) is 18.1 Å². The average molecular weight is 416 g/mol. The van der Waals surface area contributed by atoms with Crippen LogP contribution in [0.1, 0.15) is 26.5 Å². The Morgan fingerprint density at radius 2 is 1.72 bits per heavy atom. The molecule has 0 bridgehead atoms. The Morgan fingerprint density at radius 3 is 2.34 bits per heavy atom. The molecular weight excluding hydrogens is 386 g/mol. The van der Waals surface area contributed by atoms with E-state index in [9.17, 15) is 0 Å². The zero-order chi connectivity index (χ0) is 20.4. The third kappa shape index (κ3) is 4.64. The third-order valence-electron chi connectivity index (χ3n) is 5.18. The van der Waals surface area contributed by atoms with Gasteiger partial charge in [0.15, 0.2) is 0 Å². The molecule has 3 aromatic rings. The molecule has 0 N–H and O–H groups in total. The summed E-state index contributed by atoms with van der Waals surface area (Å²) in [6.45, 7) is 12.1. The van der Waals surface area contributed by atoms with Crippen LogP contribution in [0.3, 0.4) is 0 Å². The summed E-state index contributed by atoms with van der Waals surface area (Å²) in [4.78, 5) is 10.5. The van der Waals surface area contributed by atoms with Gasteiger partial charge in [-0.2, -0.15) is 0 Å². The molecule has 0 amide bonds. The highest BCUT2D eigenvalue weighted by Gasteiger charge is 2.23. The molecule has 2 aromatic heterocycles. The molecule has 0 saturated carbocycles. The Bertz CT molecular complexity index is 905. The number of anilines is 1. The molecular formula is C21H29N5O2S. The number of ether oxygens (including phenoxy) is 2. The first kappa shape index (κ1) is 20.0. The smallest absolute Gasteiger partial charge is 0.214 e. The first-order chi connectivity index (χ1) is 13.9. The van der Waals surface area contributed by atoms with E-state index in [2.05, 4.69) is 36.8 Å². The van der Waals surface area contributed by atoms with Gasteiger partial charge in [-0.1, -0.05) is 32.1 Å². The number of benzene rings is 1. The van der Waals surface area contributed by atoms with E-state index < -0.39 is 0 Å². The molecule has 1 aliphatic heterocycles. The fourth-order valence-corrected chi connectivity index (χ4v) is 4.24. The fraction of sp³-hybridized carbons (Fsp3) is 0.524. The summed E-state index contributed by atoms with van der Waals surface area (Å²) in [5.41, 5.74) is 1.14. The quantitative estimate of drug-likeness (QED) is 0.616. The van der Waals surface area contributed by atoms with Crippen LogP contribution in [-0.4, -0.2) is 65.9 Å². The third-order valence-corrected chi connectivity index (χ3v) is 6.16. The highest BCUT2D eigenvalue weighted by Crippen LogP contribution is 2.28. The molecule has 1 fully saturated rings. The molecule has 0 radical (unpaired) electrons. The van der Waals surface area contributed by atoms with Crippen LogP contribution in [0, 0.1) is 0 Å². The predicted molar refractivity (Wildman–Crippen MR) is 117 cm³/mol. The van der Waals surface area contributed by atoms with Crippen LogP contribution < -0.4 is 14.4 Å². The van der Waals surface area contributed by atoms with E-state index in [1.165, 1.54) is 0 Å². The topological polar surface area (TPSA) is 55.1 Å². The molecule has 1 aliphatic rings. The molecule has 3 heterocycles. The maximum atomic E-state index is 5.86. The lowest BCUT2D eigenvalue weighted by Crippen LogP contribution is -2.47. The second-order valence-corrected chi connectivity index (χ2v) is 9.28. The van der Waals surface area contributed by atoms with Gasteiger partial charge in [-0.3, -0.25) is 4.90 Å². The van der Waals surface area contributed by atoms with E-state index in [4.69, 9.17) is 19.6 Å². The number of rotatable bonds is 6. The molecule has 0 unspecified atom stereocenters. The van der Waals surface area contributed by atoms with Crippen molar-refractivity contribution in [3.8, 4) is 11.5 Å². The lowest BCUT2D eigenvalue weighted by Gasteiger charge is -2.34. The normalized spacial score (nSPS) is 15.8. The lowest BCUT2D eigenvalue weighted by atomic mass is 9.93. The molecule has 0 atom stereocenters. The highest BCUT2D eigenvalue weighted by molar-refractivity contribution is 7.20. The number of piperazine rings is 1. The van der Waals surface area contributed by atoms with E-state index in [1.54, 1.807) is 18.4 Å².